The van der Waals surface area contributed by atoms with E-state index in [0.717, 1.165) is 17.0 Å². The summed E-state index contributed by atoms with van der Waals surface area (Å²) in [4.78, 5) is 6.29. The van der Waals surface area contributed by atoms with Crippen LogP contribution in [0.15, 0.2) is 77.8 Å². The van der Waals surface area contributed by atoms with Gasteiger partial charge in [0, 0.05) is 24.8 Å². The Hall–Kier alpha value is -3.58. The molecule has 7 heteroatoms. The molecule has 32 heavy (non-hydrogen) atoms. The van der Waals surface area contributed by atoms with Crippen molar-refractivity contribution in [2.75, 3.05) is 23.3 Å². The average Bonchev–Trinajstić information content (AvgIpc) is 2.79. The normalized spacial score (nSPS) is 14.9. The fraction of sp³-hybridized carbons (Fsp3) is 0.240. The summed E-state index contributed by atoms with van der Waals surface area (Å²) in [7, 11) is 0. The molecule has 0 amide bonds. The number of guanidine groups is 1. The van der Waals surface area contributed by atoms with Gasteiger partial charge in [-0.15, -0.1) is 0 Å². The lowest BCUT2D eigenvalue weighted by molar-refractivity contribution is 0.145. The summed E-state index contributed by atoms with van der Waals surface area (Å²) in [6.07, 6.45) is 1.03. The maximum Gasteiger partial charge on any atom is 0.193 e. The Kier molecular flexibility index (Phi) is 6.87. The minimum absolute atomic E-state index is 0.233. The molecule has 4 N–H and O–H groups in total. The largest absolute Gasteiger partial charge is 0.457 e. The average molecular weight is 435 g/mol. The number of benzene rings is 3. The number of aliphatic hydroxyl groups excluding tert-OH is 1. The number of anilines is 2. The van der Waals surface area contributed by atoms with Gasteiger partial charge in [-0.05, 0) is 54.8 Å². The quantitative estimate of drug-likeness (QED) is 0.393. The van der Waals surface area contributed by atoms with Gasteiger partial charge >= 0.3 is 0 Å². The Morgan fingerprint density at radius 2 is 1.78 bits per heavy atom. The van der Waals surface area contributed by atoms with Crippen LogP contribution in [-0.2, 0) is 6.54 Å². The van der Waals surface area contributed by atoms with Gasteiger partial charge in [0.05, 0.1) is 18.3 Å². The number of nitrogens with two attached hydrogens (primary N) is 1. The second-order valence-corrected chi connectivity index (χ2v) is 7.77. The molecule has 3 aromatic carbocycles. The zero-order valence-corrected chi connectivity index (χ0v) is 17.7. The van der Waals surface area contributed by atoms with Crippen molar-refractivity contribution in [3.8, 4) is 11.5 Å². The van der Waals surface area contributed by atoms with Crippen molar-refractivity contribution in [3.63, 3.8) is 0 Å². The second kappa shape index (κ2) is 10.2. The van der Waals surface area contributed by atoms with Crippen molar-refractivity contribution in [2.24, 2.45) is 10.7 Å². The Morgan fingerprint density at radius 1 is 1.03 bits per heavy atom. The van der Waals surface area contributed by atoms with Crippen molar-refractivity contribution in [2.45, 2.75) is 25.5 Å². The molecule has 6 nitrogen and oxygen atoms in total. The third-order valence-electron chi connectivity index (χ3n) is 5.33. The van der Waals surface area contributed by atoms with Crippen LogP contribution in [0.2, 0.25) is 0 Å². The van der Waals surface area contributed by atoms with Crippen LogP contribution in [0, 0.1) is 5.82 Å². The van der Waals surface area contributed by atoms with Gasteiger partial charge in [-0.25, -0.2) is 9.38 Å². The van der Waals surface area contributed by atoms with Gasteiger partial charge in [0.15, 0.2) is 5.96 Å². The second-order valence-electron chi connectivity index (χ2n) is 7.77. The number of nitrogens with one attached hydrogen (secondary N) is 1. The Morgan fingerprint density at radius 3 is 2.53 bits per heavy atom. The van der Waals surface area contributed by atoms with E-state index < -0.39 is 0 Å². The van der Waals surface area contributed by atoms with Gasteiger partial charge in [0.2, 0.25) is 0 Å². The number of halogens is 1. The van der Waals surface area contributed by atoms with Crippen molar-refractivity contribution in [1.82, 2.24) is 0 Å². The van der Waals surface area contributed by atoms with Crippen LogP contribution < -0.4 is 20.7 Å². The van der Waals surface area contributed by atoms with Crippen molar-refractivity contribution in [3.05, 3.63) is 84.2 Å². The number of hydrogen-bond acceptors (Lipinski definition) is 4. The molecule has 1 heterocycles. The Bertz CT molecular complexity index is 1070. The van der Waals surface area contributed by atoms with E-state index in [1.165, 1.54) is 6.07 Å². The van der Waals surface area contributed by atoms with Crippen LogP contribution in [0.25, 0.3) is 0 Å². The lowest BCUT2D eigenvalue weighted by Crippen LogP contribution is -2.36. The Labute approximate surface area is 187 Å². The smallest absolute Gasteiger partial charge is 0.193 e. The monoisotopic (exact) mass is 434 g/mol. The highest BCUT2D eigenvalue weighted by atomic mass is 19.1. The third kappa shape index (κ3) is 5.76. The predicted molar refractivity (Wildman–Crippen MR) is 126 cm³/mol. The summed E-state index contributed by atoms with van der Waals surface area (Å²) in [5.41, 5.74) is 8.06. The van der Waals surface area contributed by atoms with Crippen LogP contribution in [0.5, 0.6) is 11.5 Å². The highest BCUT2D eigenvalue weighted by Gasteiger charge is 2.19. The minimum Gasteiger partial charge on any atom is -0.457 e. The number of aliphatic imine (C=N–C) groups is 1. The lowest BCUT2D eigenvalue weighted by atomic mass is 10.1. The first-order valence-corrected chi connectivity index (χ1v) is 10.7. The van der Waals surface area contributed by atoms with E-state index in [1.54, 1.807) is 6.07 Å². The van der Waals surface area contributed by atoms with E-state index in [-0.39, 0.29) is 24.4 Å². The van der Waals surface area contributed by atoms with Gasteiger partial charge < -0.3 is 25.8 Å². The van der Waals surface area contributed by atoms with Crippen LogP contribution in [0.1, 0.15) is 18.4 Å². The molecule has 166 valence electrons. The molecule has 0 bridgehead atoms. The number of hydrogen-bond donors (Lipinski definition) is 3. The maximum absolute atomic E-state index is 14.6. The number of piperidine rings is 1. The molecule has 1 aliphatic heterocycles. The van der Waals surface area contributed by atoms with Gasteiger partial charge in [-0.2, -0.15) is 0 Å². The molecular formula is C25H27FN4O2. The minimum atomic E-state index is -0.288. The molecule has 3 aromatic rings. The fourth-order valence-corrected chi connectivity index (χ4v) is 3.64. The van der Waals surface area contributed by atoms with Gasteiger partial charge in [-0.1, -0.05) is 30.3 Å². The summed E-state index contributed by atoms with van der Waals surface area (Å²) in [5, 5.41) is 12.7. The van der Waals surface area contributed by atoms with Crippen molar-refractivity contribution >= 4 is 17.3 Å². The number of ether oxygens (including phenoxy) is 1. The first kappa shape index (κ1) is 21.6. The summed E-state index contributed by atoms with van der Waals surface area (Å²) in [5.74, 6) is 1.37. The topological polar surface area (TPSA) is 83.1 Å². The zero-order chi connectivity index (χ0) is 22.3. The molecule has 1 saturated heterocycles. The number of rotatable bonds is 6. The Balaban J connectivity index is 1.36. The summed E-state index contributed by atoms with van der Waals surface area (Å²) >= 11 is 0. The van der Waals surface area contributed by atoms with Crippen LogP contribution in [0.3, 0.4) is 0 Å². The van der Waals surface area contributed by atoms with Gasteiger partial charge in [-0.3, -0.25) is 0 Å². The molecule has 1 aliphatic rings. The van der Waals surface area contributed by atoms with Gasteiger partial charge in [0.25, 0.3) is 0 Å². The molecule has 0 spiro atoms. The summed E-state index contributed by atoms with van der Waals surface area (Å²) < 4.78 is 20.4. The van der Waals surface area contributed by atoms with E-state index >= 15 is 0 Å². The molecule has 0 saturated carbocycles. The summed E-state index contributed by atoms with van der Waals surface area (Å²) in [6.45, 7) is 1.56. The predicted octanol–water partition coefficient (Wildman–Crippen LogP) is 4.51. The molecule has 1 fully saturated rings. The fourth-order valence-electron chi connectivity index (χ4n) is 3.64. The molecule has 4 rings (SSSR count). The van der Waals surface area contributed by atoms with E-state index in [1.807, 2.05) is 65.6 Å². The van der Waals surface area contributed by atoms with Crippen LogP contribution in [-0.4, -0.2) is 30.3 Å². The SMILES string of the molecule is NC(=NCc1ccc(N2CCC(O)CC2)c(F)c1)Nc1cccc(Oc2ccccc2)c1. The first-order chi connectivity index (χ1) is 15.6. The van der Waals surface area contributed by atoms with E-state index in [0.29, 0.717) is 37.4 Å². The van der Waals surface area contributed by atoms with E-state index in [2.05, 4.69) is 10.3 Å². The number of aliphatic hydroxyl groups is 1. The number of para-hydroxylation sites is 1. The molecular weight excluding hydrogens is 407 g/mol. The molecule has 0 aromatic heterocycles. The van der Waals surface area contributed by atoms with E-state index in [4.69, 9.17) is 10.5 Å². The highest BCUT2D eigenvalue weighted by molar-refractivity contribution is 5.92. The molecule has 0 radical (unpaired) electrons. The highest BCUT2D eigenvalue weighted by Crippen LogP contribution is 2.25. The lowest BCUT2D eigenvalue weighted by Gasteiger charge is -2.31. The molecule has 0 unspecified atom stereocenters. The maximum atomic E-state index is 14.6. The van der Waals surface area contributed by atoms with Crippen LogP contribution in [0.4, 0.5) is 15.8 Å². The van der Waals surface area contributed by atoms with Crippen LogP contribution >= 0.6 is 0 Å². The van der Waals surface area contributed by atoms with Crippen molar-refractivity contribution < 1.29 is 14.2 Å². The number of nitrogens with zero attached hydrogens (tertiary/aromatic N) is 2. The third-order valence-corrected chi connectivity index (χ3v) is 5.33. The molecule has 0 atom stereocenters. The zero-order valence-electron chi connectivity index (χ0n) is 17.7. The first-order valence-electron chi connectivity index (χ1n) is 10.7. The standard InChI is InChI=1S/C25H27FN4O2/c26-23-15-18(9-10-24(23)30-13-11-20(31)12-14-30)17-28-25(27)29-19-5-4-8-22(16-19)32-21-6-2-1-3-7-21/h1-10,15-16,20,31H,11-14,17H2,(H3,27,28,29). The van der Waals surface area contributed by atoms with Gasteiger partial charge in [0.1, 0.15) is 17.3 Å². The summed E-state index contributed by atoms with van der Waals surface area (Å²) in [6, 6.07) is 22.1. The molecule has 0 aliphatic carbocycles. The van der Waals surface area contributed by atoms with E-state index in [9.17, 15) is 9.50 Å². The van der Waals surface area contributed by atoms with Crippen molar-refractivity contribution in [1.29, 1.82) is 0 Å².